The first-order valence-electron chi connectivity index (χ1n) is 7.48. The number of hydrogen-bond acceptors (Lipinski definition) is 2. The quantitative estimate of drug-likeness (QED) is 0.904. The van der Waals surface area contributed by atoms with Crippen LogP contribution in [0, 0.1) is 5.82 Å². The molecule has 2 nitrogen and oxygen atoms in total. The number of nitrogens with zero attached hydrogens (tertiary/aromatic N) is 1. The molecule has 1 fully saturated rings. The lowest BCUT2D eigenvalue weighted by Crippen LogP contribution is -2.31. The third-order valence-electron chi connectivity index (χ3n) is 4.28. The fraction of sp³-hybridized carbons (Fsp3) is 0.333. The summed E-state index contributed by atoms with van der Waals surface area (Å²) in [5.41, 5.74) is 9.56. The standard InChI is InChI=1S/C18H21FN2/c1-21(15-6-4-5-14(19)11-15)18(12-20)17-8-3-2-7-16(17)13-9-10-13/h2-8,11,13,18H,9-10,12,20H2,1H3. The van der Waals surface area contributed by atoms with Crippen molar-refractivity contribution in [2.75, 3.05) is 18.5 Å². The van der Waals surface area contributed by atoms with Gasteiger partial charge in [-0.15, -0.1) is 0 Å². The van der Waals surface area contributed by atoms with Crippen LogP contribution in [0.4, 0.5) is 10.1 Å². The predicted molar refractivity (Wildman–Crippen MR) is 85.0 cm³/mol. The monoisotopic (exact) mass is 284 g/mol. The van der Waals surface area contributed by atoms with Gasteiger partial charge >= 0.3 is 0 Å². The average molecular weight is 284 g/mol. The zero-order chi connectivity index (χ0) is 14.8. The van der Waals surface area contributed by atoms with Crippen molar-refractivity contribution in [1.82, 2.24) is 0 Å². The van der Waals surface area contributed by atoms with Crippen LogP contribution in [0.15, 0.2) is 48.5 Å². The molecule has 1 aliphatic rings. The van der Waals surface area contributed by atoms with Crippen LogP contribution in [0.3, 0.4) is 0 Å². The molecule has 0 heterocycles. The van der Waals surface area contributed by atoms with Crippen LogP contribution in [0.25, 0.3) is 0 Å². The first-order valence-corrected chi connectivity index (χ1v) is 7.48. The lowest BCUT2D eigenvalue weighted by molar-refractivity contribution is 0.622. The highest BCUT2D eigenvalue weighted by molar-refractivity contribution is 5.50. The minimum atomic E-state index is -0.217. The molecule has 0 radical (unpaired) electrons. The Balaban J connectivity index is 1.94. The average Bonchev–Trinajstić information content (AvgIpc) is 3.33. The van der Waals surface area contributed by atoms with E-state index in [2.05, 4.69) is 29.2 Å². The van der Waals surface area contributed by atoms with Crippen molar-refractivity contribution in [3.63, 3.8) is 0 Å². The molecule has 110 valence electrons. The van der Waals surface area contributed by atoms with Crippen molar-refractivity contribution in [2.45, 2.75) is 24.8 Å². The summed E-state index contributed by atoms with van der Waals surface area (Å²) in [4.78, 5) is 2.07. The van der Waals surface area contributed by atoms with Crippen LogP contribution < -0.4 is 10.6 Å². The van der Waals surface area contributed by atoms with E-state index in [0.717, 1.165) is 5.69 Å². The molecule has 0 amide bonds. The molecule has 0 aromatic heterocycles. The van der Waals surface area contributed by atoms with Gasteiger partial charge in [0.1, 0.15) is 5.82 Å². The van der Waals surface area contributed by atoms with Gasteiger partial charge in [0.25, 0.3) is 0 Å². The Labute approximate surface area is 125 Å². The highest BCUT2D eigenvalue weighted by Crippen LogP contribution is 2.43. The van der Waals surface area contributed by atoms with E-state index in [9.17, 15) is 4.39 Å². The zero-order valence-corrected chi connectivity index (χ0v) is 12.3. The fourth-order valence-electron chi connectivity index (χ4n) is 2.95. The highest BCUT2D eigenvalue weighted by Gasteiger charge is 2.29. The van der Waals surface area contributed by atoms with Gasteiger partial charge in [-0.1, -0.05) is 30.3 Å². The molecule has 1 saturated carbocycles. The fourth-order valence-corrected chi connectivity index (χ4v) is 2.95. The van der Waals surface area contributed by atoms with Crippen molar-refractivity contribution in [2.24, 2.45) is 5.73 Å². The van der Waals surface area contributed by atoms with Crippen LogP contribution >= 0.6 is 0 Å². The van der Waals surface area contributed by atoms with E-state index >= 15 is 0 Å². The summed E-state index contributed by atoms with van der Waals surface area (Å²) < 4.78 is 13.5. The number of hydrogen-bond donors (Lipinski definition) is 1. The van der Waals surface area contributed by atoms with E-state index in [-0.39, 0.29) is 11.9 Å². The first-order chi connectivity index (χ1) is 10.2. The Kier molecular flexibility index (Phi) is 3.93. The third-order valence-corrected chi connectivity index (χ3v) is 4.28. The SMILES string of the molecule is CN(c1cccc(F)c1)C(CN)c1ccccc1C1CC1. The van der Waals surface area contributed by atoms with Gasteiger partial charge in [0.2, 0.25) is 0 Å². The highest BCUT2D eigenvalue weighted by atomic mass is 19.1. The number of benzene rings is 2. The maximum atomic E-state index is 13.5. The van der Waals surface area contributed by atoms with Gasteiger partial charge in [-0.05, 0) is 48.1 Å². The Bertz CT molecular complexity index is 622. The Hall–Kier alpha value is -1.87. The molecule has 0 aliphatic heterocycles. The van der Waals surface area contributed by atoms with Gasteiger partial charge in [-0.25, -0.2) is 4.39 Å². The Morgan fingerprint density at radius 1 is 1.19 bits per heavy atom. The van der Waals surface area contributed by atoms with E-state index < -0.39 is 0 Å². The molecular weight excluding hydrogens is 263 g/mol. The molecular formula is C18H21FN2. The molecule has 0 spiro atoms. The van der Waals surface area contributed by atoms with Crippen LogP contribution in [-0.4, -0.2) is 13.6 Å². The summed E-state index contributed by atoms with van der Waals surface area (Å²) in [5.74, 6) is 0.460. The van der Waals surface area contributed by atoms with Crippen LogP contribution in [-0.2, 0) is 0 Å². The number of anilines is 1. The maximum Gasteiger partial charge on any atom is 0.125 e. The Morgan fingerprint density at radius 2 is 1.95 bits per heavy atom. The molecule has 1 aliphatic carbocycles. The van der Waals surface area contributed by atoms with Gasteiger partial charge in [-0.2, -0.15) is 0 Å². The van der Waals surface area contributed by atoms with Gasteiger partial charge in [-0.3, -0.25) is 0 Å². The first kappa shape index (κ1) is 14.1. The van der Waals surface area contributed by atoms with Crippen molar-refractivity contribution in [1.29, 1.82) is 0 Å². The second-order valence-corrected chi connectivity index (χ2v) is 5.75. The van der Waals surface area contributed by atoms with E-state index in [1.807, 2.05) is 13.1 Å². The molecule has 0 bridgehead atoms. The van der Waals surface area contributed by atoms with Crippen LogP contribution in [0.2, 0.25) is 0 Å². The van der Waals surface area contributed by atoms with Gasteiger partial charge in [0.15, 0.2) is 0 Å². The van der Waals surface area contributed by atoms with Gasteiger partial charge < -0.3 is 10.6 Å². The van der Waals surface area contributed by atoms with Crippen LogP contribution in [0.5, 0.6) is 0 Å². The smallest absolute Gasteiger partial charge is 0.125 e. The maximum absolute atomic E-state index is 13.5. The number of nitrogens with two attached hydrogens (primary N) is 1. The Morgan fingerprint density at radius 3 is 2.62 bits per heavy atom. The normalized spacial score (nSPS) is 15.8. The predicted octanol–water partition coefficient (Wildman–Crippen LogP) is 3.84. The van der Waals surface area contributed by atoms with Crippen LogP contribution in [0.1, 0.15) is 35.9 Å². The lowest BCUT2D eigenvalue weighted by Gasteiger charge is -2.31. The number of likely N-dealkylation sites (N-methyl/N-ethyl adjacent to an activating group) is 1. The molecule has 21 heavy (non-hydrogen) atoms. The zero-order valence-electron chi connectivity index (χ0n) is 12.3. The molecule has 2 aromatic rings. The van der Waals surface area contributed by atoms with E-state index in [0.29, 0.717) is 12.5 Å². The van der Waals surface area contributed by atoms with Gasteiger partial charge in [0.05, 0.1) is 6.04 Å². The second kappa shape index (κ2) is 5.86. The second-order valence-electron chi connectivity index (χ2n) is 5.75. The van der Waals surface area contributed by atoms with E-state index in [1.54, 1.807) is 12.1 Å². The largest absolute Gasteiger partial charge is 0.366 e. The molecule has 2 aromatic carbocycles. The molecule has 3 heteroatoms. The molecule has 3 rings (SSSR count). The van der Waals surface area contributed by atoms with Gasteiger partial charge in [0, 0.05) is 19.3 Å². The van der Waals surface area contributed by atoms with Crippen molar-refractivity contribution in [3.8, 4) is 0 Å². The molecule has 0 saturated heterocycles. The minimum Gasteiger partial charge on any atom is -0.366 e. The summed E-state index contributed by atoms with van der Waals surface area (Å²) in [5, 5.41) is 0. The number of halogens is 1. The summed E-state index contributed by atoms with van der Waals surface area (Å²) >= 11 is 0. The van der Waals surface area contributed by atoms with Crippen molar-refractivity contribution >= 4 is 5.69 Å². The van der Waals surface area contributed by atoms with E-state index in [1.165, 1.54) is 30.0 Å². The third kappa shape index (κ3) is 2.93. The van der Waals surface area contributed by atoms with Crippen molar-refractivity contribution in [3.05, 3.63) is 65.5 Å². The summed E-state index contributed by atoms with van der Waals surface area (Å²) in [6, 6.07) is 15.3. The van der Waals surface area contributed by atoms with E-state index in [4.69, 9.17) is 5.73 Å². The minimum absolute atomic E-state index is 0.0728. The molecule has 2 N–H and O–H groups in total. The molecule has 1 unspecified atom stereocenters. The summed E-state index contributed by atoms with van der Waals surface area (Å²) in [7, 11) is 1.98. The number of rotatable bonds is 5. The van der Waals surface area contributed by atoms with Crippen molar-refractivity contribution < 1.29 is 4.39 Å². The summed E-state index contributed by atoms with van der Waals surface area (Å²) in [6.07, 6.45) is 2.52. The summed E-state index contributed by atoms with van der Waals surface area (Å²) in [6.45, 7) is 0.511. The topological polar surface area (TPSA) is 29.3 Å². The lowest BCUT2D eigenvalue weighted by atomic mass is 9.96. The molecule has 1 atom stereocenters.